The first-order chi connectivity index (χ1) is 24.6. The zero-order chi connectivity index (χ0) is 35.6. The van der Waals surface area contributed by atoms with Gasteiger partial charge >= 0.3 is 0 Å². The van der Waals surface area contributed by atoms with Crippen LogP contribution in [0.25, 0.3) is 0 Å². The van der Waals surface area contributed by atoms with Gasteiger partial charge in [-0.2, -0.15) is 0 Å². The molecule has 2 bridgehead atoms. The summed E-state index contributed by atoms with van der Waals surface area (Å²) in [5, 5.41) is 24.5. The number of halogens is 1. The van der Waals surface area contributed by atoms with Crippen LogP contribution in [0.5, 0.6) is 0 Å². The summed E-state index contributed by atoms with van der Waals surface area (Å²) in [7, 11) is 0. The van der Waals surface area contributed by atoms with Crippen LogP contribution in [0.3, 0.4) is 0 Å². The Balaban J connectivity index is 1.16. The van der Waals surface area contributed by atoms with Crippen LogP contribution in [0.15, 0.2) is 107 Å². The summed E-state index contributed by atoms with van der Waals surface area (Å²) in [6.07, 6.45) is 8.45. The number of carbonyl (C=O) groups excluding carboxylic acids is 1. The summed E-state index contributed by atoms with van der Waals surface area (Å²) in [6, 6.07) is 28.7. The minimum absolute atomic E-state index is 0.0133. The van der Waals surface area contributed by atoms with Gasteiger partial charge in [-0.3, -0.25) is 14.6 Å². The van der Waals surface area contributed by atoms with Crippen LogP contribution in [0.4, 0.5) is 0 Å². The number of allylic oxidation sites excluding steroid dienone is 2. The summed E-state index contributed by atoms with van der Waals surface area (Å²) in [4.78, 5) is 19.0. The Morgan fingerprint density at radius 1 is 0.941 bits per heavy atom. The molecule has 5 atom stereocenters. The van der Waals surface area contributed by atoms with Gasteiger partial charge in [0.05, 0.1) is 24.0 Å². The number of ketones is 1. The number of furan rings is 1. The van der Waals surface area contributed by atoms with Crippen LogP contribution in [-0.4, -0.2) is 70.2 Å². The summed E-state index contributed by atoms with van der Waals surface area (Å²) in [5.41, 5.74) is 4.91. The minimum Gasteiger partial charge on any atom is -0.461 e. The second-order valence-corrected chi connectivity index (χ2v) is 15.9. The third-order valence-electron chi connectivity index (χ3n) is 12.2. The van der Waals surface area contributed by atoms with Gasteiger partial charge in [-0.1, -0.05) is 84.8 Å². The predicted octanol–water partition coefficient (Wildman–Crippen LogP) is 8.61. The maximum Gasteiger partial charge on any atom is 0.228 e. The molecule has 51 heavy (non-hydrogen) atoms. The third kappa shape index (κ3) is 7.53. The first-order valence-corrected chi connectivity index (χ1v) is 19.1. The van der Waals surface area contributed by atoms with Gasteiger partial charge in [-0.25, -0.2) is 0 Å². The monoisotopic (exact) mass is 706 g/mol. The molecule has 1 aromatic heterocycles. The van der Waals surface area contributed by atoms with Crippen molar-refractivity contribution < 1.29 is 19.4 Å². The normalized spacial score (nSPS) is 27.0. The molecule has 3 aromatic carbocycles. The molecule has 6 nitrogen and oxygen atoms in total. The van der Waals surface area contributed by atoms with Gasteiger partial charge < -0.3 is 14.6 Å². The second kappa shape index (κ2) is 15.2. The molecule has 2 N–H and O–H groups in total. The average molecular weight is 707 g/mol. The number of hydrogen-bond donors (Lipinski definition) is 2. The van der Waals surface area contributed by atoms with E-state index in [2.05, 4.69) is 84.3 Å². The van der Waals surface area contributed by atoms with Crippen molar-refractivity contribution in [1.29, 1.82) is 0 Å². The van der Waals surface area contributed by atoms with Crippen LogP contribution < -0.4 is 0 Å². The molecule has 1 saturated heterocycles. The fourth-order valence-corrected chi connectivity index (χ4v) is 9.31. The van der Waals surface area contributed by atoms with E-state index < -0.39 is 17.1 Å². The maximum atomic E-state index is 14.0. The van der Waals surface area contributed by atoms with Crippen molar-refractivity contribution in [2.24, 2.45) is 5.41 Å². The van der Waals surface area contributed by atoms with E-state index in [0.29, 0.717) is 37.1 Å². The molecule has 1 unspecified atom stereocenters. The highest BCUT2D eigenvalue weighted by molar-refractivity contribution is 6.30. The summed E-state index contributed by atoms with van der Waals surface area (Å²) >= 11 is 6.28. The van der Waals surface area contributed by atoms with Crippen LogP contribution in [0, 0.1) is 5.41 Å². The number of piperazine rings is 1. The smallest absolute Gasteiger partial charge is 0.228 e. The lowest BCUT2D eigenvalue weighted by Crippen LogP contribution is -2.56. The lowest BCUT2D eigenvalue weighted by Gasteiger charge is -2.48. The quantitative estimate of drug-likeness (QED) is 0.148. The molecule has 4 aromatic rings. The minimum atomic E-state index is -0.937. The first-order valence-electron chi connectivity index (χ1n) is 18.7. The highest BCUT2D eigenvalue weighted by Gasteiger charge is 2.57. The van der Waals surface area contributed by atoms with Gasteiger partial charge in [0.2, 0.25) is 5.78 Å². The van der Waals surface area contributed by atoms with Crippen molar-refractivity contribution in [3.8, 4) is 0 Å². The van der Waals surface area contributed by atoms with Crippen molar-refractivity contribution in [3.05, 3.63) is 141 Å². The van der Waals surface area contributed by atoms with E-state index in [1.54, 1.807) is 12.1 Å². The Kier molecular flexibility index (Phi) is 10.7. The standard InChI is InChI=1S/C44H51ClN2O4/c1-31-8-6-21-43(2)39(37-19-13-32(28-36(48)18-12-31)29-38(37)42(49)40-11-7-27-51-40)20-22-44(43,50)30-46-23-25-47(26-24-46)41(33-9-4-3-5-10-33)34-14-16-35(45)17-15-34/h3-5,7-11,13-17,19,27,29,36,39,41,48,50H,6,12,18,20-26,28,30H2,1-2H3/t36-,39-,41?,43-,44+/m0/s1. The first kappa shape index (κ1) is 35.9. The number of hydrogen-bond acceptors (Lipinski definition) is 6. The second-order valence-electron chi connectivity index (χ2n) is 15.4. The highest BCUT2D eigenvalue weighted by atomic mass is 35.5. The van der Waals surface area contributed by atoms with Crippen molar-refractivity contribution in [2.45, 2.75) is 82.5 Å². The molecular weight excluding hydrogens is 656 g/mol. The molecule has 268 valence electrons. The molecule has 0 spiro atoms. The van der Waals surface area contributed by atoms with E-state index >= 15 is 0 Å². The van der Waals surface area contributed by atoms with Crippen molar-refractivity contribution in [2.75, 3.05) is 32.7 Å². The van der Waals surface area contributed by atoms with E-state index in [1.807, 2.05) is 18.2 Å². The largest absolute Gasteiger partial charge is 0.461 e. The lowest BCUT2D eigenvalue weighted by molar-refractivity contribution is -0.0894. The van der Waals surface area contributed by atoms with E-state index in [1.165, 1.54) is 23.0 Å². The Bertz CT molecular complexity index is 1820. The zero-order valence-electron chi connectivity index (χ0n) is 29.9. The molecule has 2 heterocycles. The molecule has 1 saturated carbocycles. The van der Waals surface area contributed by atoms with Crippen LogP contribution in [-0.2, 0) is 6.42 Å². The SMILES string of the molecule is CC1=CCC[C@@]2(C)[C@@H](CC[C@@]2(O)CN2CCN(C(c3ccccc3)c3ccc(Cl)cc3)CC2)c2ccc(cc2C(=O)c2ccco2)C[C@@H](O)CC1. The Morgan fingerprint density at radius 3 is 2.41 bits per heavy atom. The van der Waals surface area contributed by atoms with Crippen molar-refractivity contribution in [3.63, 3.8) is 0 Å². The number of aliphatic hydroxyl groups is 2. The molecule has 2 fully saturated rings. The zero-order valence-corrected chi connectivity index (χ0v) is 30.7. The summed E-state index contributed by atoms with van der Waals surface area (Å²) in [6.45, 7) is 8.50. The fraction of sp³-hybridized carbons (Fsp3) is 0.432. The number of β-amino-alcohol motifs (C(OH)–C–C–N with tert-alkyl or cyclic N) is 1. The van der Waals surface area contributed by atoms with Gasteiger partial charge in [0.15, 0.2) is 5.76 Å². The van der Waals surface area contributed by atoms with Crippen molar-refractivity contribution >= 4 is 17.4 Å². The molecule has 1 aliphatic heterocycles. The van der Waals surface area contributed by atoms with E-state index in [4.69, 9.17) is 16.0 Å². The molecule has 0 amide bonds. The van der Waals surface area contributed by atoms with E-state index in [-0.39, 0.29) is 17.7 Å². The molecule has 3 aliphatic carbocycles. The summed E-state index contributed by atoms with van der Waals surface area (Å²) < 4.78 is 5.60. The highest BCUT2D eigenvalue weighted by Crippen LogP contribution is 2.59. The van der Waals surface area contributed by atoms with Gasteiger partial charge in [0, 0.05) is 48.7 Å². The van der Waals surface area contributed by atoms with Crippen LogP contribution >= 0.6 is 11.6 Å². The van der Waals surface area contributed by atoms with Crippen LogP contribution in [0.2, 0.25) is 5.02 Å². The topological polar surface area (TPSA) is 77.2 Å². The Labute approximate surface area is 307 Å². The number of aliphatic hydroxyl groups excluding tert-OH is 1. The third-order valence-corrected chi connectivity index (χ3v) is 12.5. The van der Waals surface area contributed by atoms with Gasteiger partial charge in [0.1, 0.15) is 0 Å². The lowest BCUT2D eigenvalue weighted by atomic mass is 9.64. The Morgan fingerprint density at radius 2 is 1.69 bits per heavy atom. The van der Waals surface area contributed by atoms with Gasteiger partial charge in [-0.05, 0) is 110 Å². The van der Waals surface area contributed by atoms with Gasteiger partial charge in [-0.15, -0.1) is 0 Å². The molecule has 8 rings (SSSR count). The summed E-state index contributed by atoms with van der Waals surface area (Å²) in [5.74, 6) is 0.159. The molecule has 0 radical (unpaired) electrons. The number of nitrogens with zero attached hydrogens (tertiary/aromatic N) is 2. The van der Waals surface area contributed by atoms with Gasteiger partial charge in [0.25, 0.3) is 0 Å². The van der Waals surface area contributed by atoms with Crippen molar-refractivity contribution in [1.82, 2.24) is 9.80 Å². The van der Waals surface area contributed by atoms with E-state index in [0.717, 1.165) is 68.0 Å². The van der Waals surface area contributed by atoms with E-state index in [9.17, 15) is 15.0 Å². The predicted molar refractivity (Wildman–Crippen MR) is 203 cm³/mol. The fourth-order valence-electron chi connectivity index (χ4n) is 9.18. The molecular formula is C44H51ClN2O4. The molecule has 7 heteroatoms. The average Bonchev–Trinajstić information content (AvgIpc) is 3.76. The number of carbonyl (C=O) groups is 1. The van der Waals surface area contributed by atoms with Crippen LogP contribution in [0.1, 0.15) is 103 Å². The number of benzene rings is 3. The molecule has 4 aliphatic rings. The maximum absolute atomic E-state index is 14.0. The number of fused-ring (bicyclic) bond motifs is 8. The number of rotatable bonds is 7. The Hall–Kier alpha value is -3.52.